The van der Waals surface area contributed by atoms with Crippen molar-refractivity contribution in [2.75, 3.05) is 0 Å². The van der Waals surface area contributed by atoms with Crippen LogP contribution in [0.25, 0.3) is 0 Å². The Balaban J connectivity index is 0.000000219. The molecule has 0 radical (unpaired) electrons. The first-order chi connectivity index (χ1) is 11.6. The van der Waals surface area contributed by atoms with Gasteiger partial charge in [0.05, 0.1) is 5.56 Å². The lowest BCUT2D eigenvalue weighted by Crippen LogP contribution is -1.89. The van der Waals surface area contributed by atoms with E-state index < -0.39 is 0 Å². The highest BCUT2D eigenvalue weighted by molar-refractivity contribution is 5.79. The van der Waals surface area contributed by atoms with Crippen LogP contribution in [0.4, 0.5) is 0 Å². The number of carbonyl (C=O) groups is 1. The number of para-hydroxylation sites is 3. The maximum Gasteiger partial charge on any atom is 0.169 e. The summed E-state index contributed by atoms with van der Waals surface area (Å²) in [6.07, 6.45) is 0.718. The van der Waals surface area contributed by atoms with Crippen molar-refractivity contribution in [1.82, 2.24) is 0 Å². The molecule has 0 aliphatic carbocycles. The number of aromatic hydroxyl groups is 3. The van der Waals surface area contributed by atoms with Crippen molar-refractivity contribution in [3.63, 3.8) is 0 Å². The molecular weight excluding hydrogens is 308 g/mol. The number of aldehydes is 1. The zero-order chi connectivity index (χ0) is 17.4. The summed E-state index contributed by atoms with van der Waals surface area (Å²) in [7, 11) is 0. The Labute approximate surface area is 139 Å². The monoisotopic (exact) mass is 324 g/mol. The van der Waals surface area contributed by atoms with Gasteiger partial charge in [0.2, 0.25) is 0 Å². The number of hydrogen-bond donors (Lipinski definition) is 3. The third-order valence-corrected chi connectivity index (χ3v) is 2.98. The minimum atomic E-state index is 0.0446. The Morgan fingerprint density at radius 2 is 1.17 bits per heavy atom. The molecule has 3 aromatic rings. The molecule has 24 heavy (non-hydrogen) atoms. The maximum atomic E-state index is 10.8. The van der Waals surface area contributed by atoms with Gasteiger partial charge in [-0.15, -0.1) is 0 Å². The minimum Gasteiger partial charge on any atom is -0.508 e. The van der Waals surface area contributed by atoms with Crippen molar-refractivity contribution in [3.8, 4) is 28.7 Å². The molecule has 0 amide bonds. The molecule has 0 atom stereocenters. The van der Waals surface area contributed by atoms with Gasteiger partial charge in [-0.25, -0.2) is 0 Å². The topological polar surface area (TPSA) is 87.0 Å². The van der Waals surface area contributed by atoms with Gasteiger partial charge in [-0.05, 0) is 48.5 Å². The average molecular weight is 324 g/mol. The van der Waals surface area contributed by atoms with E-state index >= 15 is 0 Å². The predicted octanol–water partition coefficient (Wildman–Crippen LogP) is 4.09. The van der Waals surface area contributed by atoms with E-state index in [-0.39, 0.29) is 17.2 Å². The highest BCUT2D eigenvalue weighted by Gasteiger charge is 2.05. The van der Waals surface area contributed by atoms with Crippen LogP contribution in [-0.2, 0) is 0 Å². The van der Waals surface area contributed by atoms with Gasteiger partial charge in [0, 0.05) is 0 Å². The third-order valence-electron chi connectivity index (χ3n) is 2.98. The number of ether oxygens (including phenoxy) is 1. The van der Waals surface area contributed by atoms with Crippen LogP contribution >= 0.6 is 0 Å². The van der Waals surface area contributed by atoms with Crippen LogP contribution in [0.5, 0.6) is 28.7 Å². The van der Waals surface area contributed by atoms with E-state index in [0.717, 1.165) is 6.29 Å². The third kappa shape index (κ3) is 4.78. The van der Waals surface area contributed by atoms with Gasteiger partial charge in [0.1, 0.15) is 17.2 Å². The normalized spacial score (nSPS) is 9.50. The molecule has 0 heterocycles. The average Bonchev–Trinajstić information content (AvgIpc) is 2.60. The Hall–Kier alpha value is -3.47. The summed E-state index contributed by atoms with van der Waals surface area (Å²) >= 11 is 0. The van der Waals surface area contributed by atoms with Crippen molar-refractivity contribution in [2.24, 2.45) is 0 Å². The van der Waals surface area contributed by atoms with Crippen LogP contribution in [0.3, 0.4) is 0 Å². The molecule has 3 rings (SSSR count). The van der Waals surface area contributed by atoms with E-state index in [1.54, 1.807) is 42.5 Å². The second-order valence-corrected chi connectivity index (χ2v) is 4.74. The zero-order valence-corrected chi connectivity index (χ0v) is 12.7. The standard InChI is InChI=1S/C13H10O3.C6H6O2/c14-9-10-5-1-3-7-12(10)16-13-8-4-2-6-11(13)15;7-5-1-2-6(8)4-3-5/h1-9,15H;1-4,7-8H. The number of rotatable bonds is 3. The summed E-state index contributed by atoms with van der Waals surface area (Å²) in [4.78, 5) is 10.8. The van der Waals surface area contributed by atoms with Crippen molar-refractivity contribution in [2.45, 2.75) is 0 Å². The number of phenolic OH excluding ortho intramolecular Hbond substituents is 3. The first kappa shape index (κ1) is 16.9. The predicted molar refractivity (Wildman–Crippen MR) is 89.8 cm³/mol. The van der Waals surface area contributed by atoms with E-state index in [2.05, 4.69) is 0 Å². The molecule has 0 saturated heterocycles. The quantitative estimate of drug-likeness (QED) is 0.499. The number of hydrogen-bond acceptors (Lipinski definition) is 5. The fourth-order valence-corrected chi connectivity index (χ4v) is 1.79. The molecule has 0 fully saturated rings. The molecule has 0 spiro atoms. The Morgan fingerprint density at radius 3 is 1.71 bits per heavy atom. The first-order valence-electron chi connectivity index (χ1n) is 7.08. The Bertz CT molecular complexity index is 776. The van der Waals surface area contributed by atoms with Gasteiger partial charge in [0.15, 0.2) is 17.8 Å². The SMILES string of the molecule is O=Cc1ccccc1Oc1ccccc1O.Oc1ccc(O)cc1. The van der Waals surface area contributed by atoms with E-state index in [4.69, 9.17) is 14.9 Å². The van der Waals surface area contributed by atoms with Crippen LogP contribution in [0.15, 0.2) is 72.8 Å². The van der Waals surface area contributed by atoms with E-state index in [9.17, 15) is 9.90 Å². The molecular formula is C19H16O5. The minimum absolute atomic E-state index is 0.0446. The Morgan fingerprint density at radius 1 is 0.667 bits per heavy atom. The molecule has 0 saturated carbocycles. The molecule has 3 aromatic carbocycles. The summed E-state index contributed by atoms with van der Waals surface area (Å²) < 4.78 is 5.45. The van der Waals surface area contributed by atoms with E-state index in [0.29, 0.717) is 17.1 Å². The molecule has 0 bridgehead atoms. The number of phenols is 3. The zero-order valence-electron chi connectivity index (χ0n) is 12.7. The maximum absolute atomic E-state index is 10.8. The van der Waals surface area contributed by atoms with Gasteiger partial charge in [0.25, 0.3) is 0 Å². The summed E-state index contributed by atoms with van der Waals surface area (Å²) in [6.45, 7) is 0. The lowest BCUT2D eigenvalue weighted by molar-refractivity contribution is 0.112. The Kier molecular flexibility index (Phi) is 5.80. The largest absolute Gasteiger partial charge is 0.508 e. The van der Waals surface area contributed by atoms with Crippen LogP contribution in [0.1, 0.15) is 10.4 Å². The lowest BCUT2D eigenvalue weighted by Gasteiger charge is -2.08. The second-order valence-electron chi connectivity index (χ2n) is 4.74. The second kappa shape index (κ2) is 8.24. The van der Waals surface area contributed by atoms with Gasteiger partial charge in [-0.2, -0.15) is 0 Å². The van der Waals surface area contributed by atoms with Gasteiger partial charge >= 0.3 is 0 Å². The number of carbonyl (C=O) groups excluding carboxylic acids is 1. The summed E-state index contributed by atoms with van der Waals surface area (Å²) in [5.74, 6) is 1.14. The van der Waals surface area contributed by atoms with Gasteiger partial charge in [-0.1, -0.05) is 24.3 Å². The molecule has 5 nitrogen and oxygen atoms in total. The highest BCUT2D eigenvalue weighted by Crippen LogP contribution is 2.31. The van der Waals surface area contributed by atoms with E-state index in [1.807, 2.05) is 0 Å². The first-order valence-corrected chi connectivity index (χ1v) is 7.08. The summed E-state index contributed by atoms with van der Waals surface area (Å²) in [6, 6.07) is 19.2. The molecule has 0 aliphatic heterocycles. The summed E-state index contributed by atoms with van der Waals surface area (Å²) in [5, 5.41) is 26.8. The van der Waals surface area contributed by atoms with Crippen molar-refractivity contribution < 1.29 is 24.9 Å². The summed E-state index contributed by atoms with van der Waals surface area (Å²) in [5.41, 5.74) is 0.450. The van der Waals surface area contributed by atoms with Gasteiger partial charge in [-0.3, -0.25) is 4.79 Å². The van der Waals surface area contributed by atoms with Crippen LogP contribution < -0.4 is 4.74 Å². The highest BCUT2D eigenvalue weighted by atomic mass is 16.5. The molecule has 3 N–H and O–H groups in total. The molecule has 122 valence electrons. The molecule has 0 aliphatic rings. The molecule has 0 unspecified atom stereocenters. The molecule has 0 aromatic heterocycles. The van der Waals surface area contributed by atoms with Crippen molar-refractivity contribution in [3.05, 3.63) is 78.4 Å². The van der Waals surface area contributed by atoms with Crippen LogP contribution in [-0.4, -0.2) is 21.6 Å². The fourth-order valence-electron chi connectivity index (χ4n) is 1.79. The van der Waals surface area contributed by atoms with Crippen LogP contribution in [0.2, 0.25) is 0 Å². The smallest absolute Gasteiger partial charge is 0.169 e. The fraction of sp³-hybridized carbons (Fsp3) is 0. The van der Waals surface area contributed by atoms with Crippen LogP contribution in [0, 0.1) is 0 Å². The lowest BCUT2D eigenvalue weighted by atomic mass is 10.2. The van der Waals surface area contributed by atoms with Crippen molar-refractivity contribution >= 4 is 6.29 Å². The number of benzene rings is 3. The van der Waals surface area contributed by atoms with E-state index in [1.165, 1.54) is 30.3 Å². The molecule has 5 heteroatoms. The van der Waals surface area contributed by atoms with Crippen molar-refractivity contribution in [1.29, 1.82) is 0 Å². The van der Waals surface area contributed by atoms with Gasteiger partial charge < -0.3 is 20.1 Å².